The lowest BCUT2D eigenvalue weighted by molar-refractivity contribution is -0.132. The number of carbonyl (C=O) groups is 2. The van der Waals surface area contributed by atoms with E-state index in [0.717, 1.165) is 6.21 Å². The maximum absolute atomic E-state index is 11.6. The minimum absolute atomic E-state index is 0.293. The molecule has 0 bridgehead atoms. The Labute approximate surface area is 87.1 Å². The molecular formula is C10H13NO4. The predicted molar refractivity (Wildman–Crippen MR) is 53.8 cm³/mol. The van der Waals surface area contributed by atoms with Gasteiger partial charge in [-0.1, -0.05) is 13.8 Å². The van der Waals surface area contributed by atoms with Gasteiger partial charge in [0.2, 0.25) is 0 Å². The van der Waals surface area contributed by atoms with E-state index in [1.165, 1.54) is 0 Å². The van der Waals surface area contributed by atoms with Crippen molar-refractivity contribution in [1.82, 2.24) is 0 Å². The Bertz CT molecular complexity index is 364. The molecule has 82 valence electrons. The van der Waals surface area contributed by atoms with Crippen LogP contribution >= 0.6 is 0 Å². The first-order valence-electron chi connectivity index (χ1n) is 4.75. The van der Waals surface area contributed by atoms with Crippen molar-refractivity contribution in [2.75, 3.05) is 0 Å². The van der Waals surface area contributed by atoms with Gasteiger partial charge in [0, 0.05) is 6.21 Å². The fraction of sp³-hybridized carbons (Fsp3) is 0.500. The largest absolute Gasteiger partial charge is 0.510 e. The van der Waals surface area contributed by atoms with Crippen LogP contribution in [0.25, 0.3) is 0 Å². The summed E-state index contributed by atoms with van der Waals surface area (Å²) in [5, 5.41) is 18.6. The molecule has 0 atom stereocenters. The second kappa shape index (κ2) is 3.84. The van der Waals surface area contributed by atoms with Gasteiger partial charge in [-0.2, -0.15) is 0 Å². The van der Waals surface area contributed by atoms with Gasteiger partial charge in [-0.25, -0.2) is 9.79 Å². The Kier molecular flexibility index (Phi) is 2.93. The molecule has 5 nitrogen and oxygen atoms in total. The zero-order chi connectivity index (χ0) is 11.6. The number of nitrogens with zero attached hydrogens (tertiary/aromatic N) is 1. The lowest BCUT2D eigenvalue weighted by Crippen LogP contribution is -2.36. The van der Waals surface area contributed by atoms with Crippen LogP contribution < -0.4 is 0 Å². The van der Waals surface area contributed by atoms with E-state index in [1.807, 2.05) is 0 Å². The third-order valence-electron chi connectivity index (χ3n) is 2.87. The topological polar surface area (TPSA) is 87.0 Å². The van der Waals surface area contributed by atoms with Crippen LogP contribution in [0.2, 0.25) is 0 Å². The average molecular weight is 211 g/mol. The maximum Gasteiger partial charge on any atom is 0.340 e. The monoisotopic (exact) mass is 211 g/mol. The molecule has 0 radical (unpaired) electrons. The van der Waals surface area contributed by atoms with Crippen molar-refractivity contribution < 1.29 is 19.8 Å². The Morgan fingerprint density at radius 3 is 2.40 bits per heavy atom. The van der Waals surface area contributed by atoms with Crippen LogP contribution in [0.4, 0.5) is 0 Å². The molecule has 1 rings (SSSR count). The molecule has 1 aliphatic heterocycles. The number of carboxylic acids is 1. The van der Waals surface area contributed by atoms with E-state index in [0.29, 0.717) is 12.8 Å². The highest BCUT2D eigenvalue weighted by Gasteiger charge is 2.43. The number of aliphatic imine (C=N–C) groups is 1. The van der Waals surface area contributed by atoms with E-state index < -0.39 is 17.3 Å². The van der Waals surface area contributed by atoms with Gasteiger partial charge in [0.05, 0.1) is 0 Å². The van der Waals surface area contributed by atoms with E-state index in [-0.39, 0.29) is 11.3 Å². The van der Waals surface area contributed by atoms with E-state index in [2.05, 4.69) is 4.99 Å². The lowest BCUT2D eigenvalue weighted by atomic mass is 9.76. The first-order chi connectivity index (χ1) is 6.99. The van der Waals surface area contributed by atoms with Crippen LogP contribution in [0.3, 0.4) is 0 Å². The highest BCUT2D eigenvalue weighted by molar-refractivity contribution is 6.15. The summed E-state index contributed by atoms with van der Waals surface area (Å²) in [5.74, 6) is -2.12. The number of amides is 1. The zero-order valence-corrected chi connectivity index (χ0v) is 8.65. The van der Waals surface area contributed by atoms with Crippen molar-refractivity contribution in [2.24, 2.45) is 10.4 Å². The molecule has 1 aliphatic rings. The molecular weight excluding hydrogens is 198 g/mol. The fourth-order valence-electron chi connectivity index (χ4n) is 1.71. The standard InChI is InChI=1S/C10H13NO4/c1-3-10(4-2)7(12)6(8(13)14)5-11-9(10)15/h5,12H,3-4H2,1-2H3,(H,13,14). The molecule has 0 aliphatic carbocycles. The molecule has 1 heterocycles. The Hall–Kier alpha value is -1.65. The number of rotatable bonds is 3. The number of hydrogen-bond acceptors (Lipinski definition) is 3. The van der Waals surface area contributed by atoms with Crippen LogP contribution in [0.1, 0.15) is 26.7 Å². The van der Waals surface area contributed by atoms with Crippen LogP contribution in [-0.4, -0.2) is 28.3 Å². The average Bonchev–Trinajstić information content (AvgIpc) is 2.19. The summed E-state index contributed by atoms with van der Waals surface area (Å²) in [6, 6.07) is 0. The number of dihydropyridines is 1. The quantitative estimate of drug-likeness (QED) is 0.736. The van der Waals surface area contributed by atoms with Crippen LogP contribution in [0, 0.1) is 5.41 Å². The fourth-order valence-corrected chi connectivity index (χ4v) is 1.71. The second-order valence-corrected chi connectivity index (χ2v) is 3.42. The third-order valence-corrected chi connectivity index (χ3v) is 2.87. The van der Waals surface area contributed by atoms with Gasteiger partial charge in [-0.05, 0) is 12.8 Å². The van der Waals surface area contributed by atoms with Crippen LogP contribution in [-0.2, 0) is 9.59 Å². The molecule has 5 heteroatoms. The Morgan fingerprint density at radius 2 is 2.00 bits per heavy atom. The molecule has 0 aromatic heterocycles. The summed E-state index contributed by atoms with van der Waals surface area (Å²) >= 11 is 0. The first kappa shape index (κ1) is 11.4. The van der Waals surface area contributed by atoms with Crippen LogP contribution in [0.5, 0.6) is 0 Å². The summed E-state index contributed by atoms with van der Waals surface area (Å²) in [5.41, 5.74) is -1.44. The molecule has 0 saturated carbocycles. The molecule has 0 aromatic rings. The number of aliphatic carboxylic acids is 1. The van der Waals surface area contributed by atoms with Crippen molar-refractivity contribution in [1.29, 1.82) is 0 Å². The SMILES string of the molecule is CCC1(CC)C(=O)N=CC(C(=O)O)=C1O. The molecule has 0 aromatic carbocycles. The summed E-state index contributed by atoms with van der Waals surface area (Å²) in [4.78, 5) is 25.9. The summed E-state index contributed by atoms with van der Waals surface area (Å²) in [6.07, 6.45) is 1.58. The highest BCUT2D eigenvalue weighted by atomic mass is 16.4. The molecule has 0 unspecified atom stereocenters. The normalized spacial score (nSPS) is 19.5. The van der Waals surface area contributed by atoms with Crippen molar-refractivity contribution in [3.05, 3.63) is 11.3 Å². The third kappa shape index (κ3) is 1.54. The van der Waals surface area contributed by atoms with Gasteiger partial charge in [0.15, 0.2) is 0 Å². The van der Waals surface area contributed by atoms with Crippen LogP contribution in [0.15, 0.2) is 16.3 Å². The van der Waals surface area contributed by atoms with E-state index in [4.69, 9.17) is 5.11 Å². The number of aliphatic hydroxyl groups excluding tert-OH is 1. The van der Waals surface area contributed by atoms with Gasteiger partial charge < -0.3 is 10.2 Å². The highest BCUT2D eigenvalue weighted by Crippen LogP contribution is 2.38. The Balaban J connectivity index is 3.34. The van der Waals surface area contributed by atoms with Gasteiger partial charge in [-0.3, -0.25) is 4.79 Å². The van der Waals surface area contributed by atoms with Crippen molar-refractivity contribution in [3.63, 3.8) is 0 Å². The van der Waals surface area contributed by atoms with Gasteiger partial charge in [0.1, 0.15) is 16.7 Å². The van der Waals surface area contributed by atoms with Crippen molar-refractivity contribution in [2.45, 2.75) is 26.7 Å². The molecule has 0 saturated heterocycles. The molecule has 0 fully saturated rings. The van der Waals surface area contributed by atoms with E-state index in [1.54, 1.807) is 13.8 Å². The lowest BCUT2D eigenvalue weighted by Gasteiger charge is -2.29. The van der Waals surface area contributed by atoms with Gasteiger partial charge in [0.25, 0.3) is 5.91 Å². The minimum atomic E-state index is -1.27. The number of aliphatic hydroxyl groups is 1. The van der Waals surface area contributed by atoms with Crippen molar-refractivity contribution >= 4 is 18.1 Å². The Morgan fingerprint density at radius 1 is 1.47 bits per heavy atom. The first-order valence-corrected chi connectivity index (χ1v) is 4.75. The van der Waals surface area contributed by atoms with E-state index >= 15 is 0 Å². The smallest absolute Gasteiger partial charge is 0.340 e. The molecule has 0 spiro atoms. The predicted octanol–water partition coefficient (Wildman–Crippen LogP) is 1.30. The molecule has 2 N–H and O–H groups in total. The second-order valence-electron chi connectivity index (χ2n) is 3.42. The van der Waals surface area contributed by atoms with Crippen molar-refractivity contribution in [3.8, 4) is 0 Å². The number of carboxylic acid groups (broad SMARTS) is 1. The van der Waals surface area contributed by atoms with E-state index in [9.17, 15) is 14.7 Å². The summed E-state index contributed by atoms with van der Waals surface area (Å²) in [7, 11) is 0. The summed E-state index contributed by atoms with van der Waals surface area (Å²) in [6.45, 7) is 3.44. The summed E-state index contributed by atoms with van der Waals surface area (Å²) < 4.78 is 0. The van der Waals surface area contributed by atoms with Gasteiger partial charge in [-0.15, -0.1) is 0 Å². The maximum atomic E-state index is 11.6. The number of hydrogen-bond donors (Lipinski definition) is 2. The number of carbonyl (C=O) groups excluding carboxylic acids is 1. The molecule has 1 amide bonds. The molecule has 15 heavy (non-hydrogen) atoms. The minimum Gasteiger partial charge on any atom is -0.510 e. The van der Waals surface area contributed by atoms with Gasteiger partial charge >= 0.3 is 5.97 Å². The zero-order valence-electron chi connectivity index (χ0n) is 8.65.